The summed E-state index contributed by atoms with van der Waals surface area (Å²) >= 11 is 3.28. The van der Waals surface area contributed by atoms with E-state index >= 15 is 0 Å². The number of aromatic nitrogens is 2. The Morgan fingerprint density at radius 3 is 2.18 bits per heavy atom. The first-order chi connectivity index (χ1) is 10.3. The second-order valence-corrected chi connectivity index (χ2v) is 7.14. The maximum atomic E-state index is 12.4. The maximum Gasteiger partial charge on any atom is 0.316 e. The van der Waals surface area contributed by atoms with E-state index in [9.17, 15) is 8.42 Å². The number of halogens is 1. The Labute approximate surface area is 138 Å². The zero-order valence-corrected chi connectivity index (χ0v) is 14.8. The number of nitrogens with one attached hydrogen (secondary N) is 1. The van der Waals surface area contributed by atoms with E-state index in [1.165, 1.54) is 12.1 Å². The maximum absolute atomic E-state index is 12.4. The van der Waals surface area contributed by atoms with Crippen LogP contribution in [0.4, 0.5) is 5.69 Å². The molecule has 0 saturated heterocycles. The van der Waals surface area contributed by atoms with Gasteiger partial charge < -0.3 is 4.74 Å². The minimum atomic E-state index is -3.69. The molecule has 8 heteroatoms. The number of hydrogen-bond acceptors (Lipinski definition) is 5. The molecular weight excluding hydrogens is 370 g/mol. The molecule has 22 heavy (non-hydrogen) atoms. The predicted octanol–water partition coefficient (Wildman–Crippen LogP) is 3.06. The fourth-order valence-corrected chi connectivity index (χ4v) is 3.27. The molecule has 0 aliphatic rings. The first-order valence-electron chi connectivity index (χ1n) is 6.60. The standard InChI is InChI=1S/C14H16BrN3O3S/c1-4-21-14-16-9(2)13(10(3)17-14)18-22(19,20)12-7-5-11(15)6-8-12/h5-8,18H,4H2,1-3H3. The van der Waals surface area contributed by atoms with E-state index in [-0.39, 0.29) is 10.9 Å². The first-order valence-corrected chi connectivity index (χ1v) is 8.87. The lowest BCUT2D eigenvalue weighted by atomic mass is 10.3. The summed E-state index contributed by atoms with van der Waals surface area (Å²) in [7, 11) is -3.69. The Morgan fingerprint density at radius 2 is 1.68 bits per heavy atom. The van der Waals surface area contributed by atoms with Gasteiger partial charge in [0.2, 0.25) is 0 Å². The van der Waals surface area contributed by atoms with Crippen LogP contribution < -0.4 is 9.46 Å². The van der Waals surface area contributed by atoms with E-state index in [1.54, 1.807) is 26.0 Å². The van der Waals surface area contributed by atoms with Crippen LogP contribution in [0.2, 0.25) is 0 Å². The van der Waals surface area contributed by atoms with E-state index in [4.69, 9.17) is 4.74 Å². The summed E-state index contributed by atoms with van der Waals surface area (Å²) in [6.07, 6.45) is 0. The molecule has 6 nitrogen and oxygen atoms in total. The van der Waals surface area contributed by atoms with Gasteiger partial charge in [0.1, 0.15) is 0 Å². The Balaban J connectivity index is 2.35. The highest BCUT2D eigenvalue weighted by Gasteiger charge is 2.18. The van der Waals surface area contributed by atoms with Crippen molar-refractivity contribution in [3.8, 4) is 6.01 Å². The van der Waals surface area contributed by atoms with Gasteiger partial charge in [-0.25, -0.2) is 8.42 Å². The van der Waals surface area contributed by atoms with Gasteiger partial charge in [-0.3, -0.25) is 4.72 Å². The van der Waals surface area contributed by atoms with Gasteiger partial charge in [-0.05, 0) is 45.0 Å². The number of anilines is 1. The van der Waals surface area contributed by atoms with E-state index in [0.717, 1.165) is 4.47 Å². The molecular formula is C14H16BrN3O3S. The SMILES string of the molecule is CCOc1nc(C)c(NS(=O)(=O)c2ccc(Br)cc2)c(C)n1. The summed E-state index contributed by atoms with van der Waals surface area (Å²) in [5.41, 5.74) is 1.39. The summed E-state index contributed by atoms with van der Waals surface area (Å²) in [4.78, 5) is 8.47. The zero-order chi connectivity index (χ0) is 16.3. The van der Waals surface area contributed by atoms with Gasteiger partial charge in [0, 0.05) is 4.47 Å². The van der Waals surface area contributed by atoms with Crippen LogP contribution in [0.25, 0.3) is 0 Å². The fraction of sp³-hybridized carbons (Fsp3) is 0.286. The summed E-state index contributed by atoms with van der Waals surface area (Å²) in [6, 6.07) is 6.62. The van der Waals surface area contributed by atoms with E-state index in [2.05, 4.69) is 30.6 Å². The molecule has 0 aliphatic heterocycles. The van der Waals surface area contributed by atoms with Crippen molar-refractivity contribution in [2.75, 3.05) is 11.3 Å². The van der Waals surface area contributed by atoms with Gasteiger partial charge in [-0.15, -0.1) is 0 Å². The molecule has 0 spiro atoms. The lowest BCUT2D eigenvalue weighted by molar-refractivity contribution is 0.311. The largest absolute Gasteiger partial charge is 0.464 e. The van der Waals surface area contributed by atoms with Crippen LogP contribution in [-0.2, 0) is 10.0 Å². The average molecular weight is 386 g/mol. The second kappa shape index (κ2) is 6.62. The first kappa shape index (κ1) is 16.7. The van der Waals surface area contributed by atoms with Gasteiger partial charge in [0.05, 0.1) is 28.6 Å². The minimum Gasteiger partial charge on any atom is -0.464 e. The van der Waals surface area contributed by atoms with Crippen molar-refractivity contribution in [2.45, 2.75) is 25.7 Å². The molecule has 0 bridgehead atoms. The molecule has 0 radical (unpaired) electrons. The van der Waals surface area contributed by atoms with Crippen LogP contribution >= 0.6 is 15.9 Å². The smallest absolute Gasteiger partial charge is 0.316 e. The van der Waals surface area contributed by atoms with Crippen LogP contribution in [0.1, 0.15) is 18.3 Å². The molecule has 0 saturated carbocycles. The fourth-order valence-electron chi connectivity index (χ4n) is 1.83. The monoisotopic (exact) mass is 385 g/mol. The van der Waals surface area contributed by atoms with Gasteiger partial charge in [0.25, 0.3) is 10.0 Å². The molecule has 1 aromatic heterocycles. The average Bonchev–Trinajstić information content (AvgIpc) is 2.44. The molecule has 118 valence electrons. The molecule has 0 unspecified atom stereocenters. The lowest BCUT2D eigenvalue weighted by Crippen LogP contribution is -2.16. The van der Waals surface area contributed by atoms with Crippen molar-refractivity contribution in [2.24, 2.45) is 0 Å². The molecule has 1 N–H and O–H groups in total. The lowest BCUT2D eigenvalue weighted by Gasteiger charge is -2.13. The predicted molar refractivity (Wildman–Crippen MR) is 87.6 cm³/mol. The van der Waals surface area contributed by atoms with Gasteiger partial charge >= 0.3 is 6.01 Å². The third-order valence-corrected chi connectivity index (χ3v) is 4.78. The number of rotatable bonds is 5. The number of ether oxygens (including phenoxy) is 1. The molecule has 1 heterocycles. The number of nitrogens with zero attached hydrogens (tertiary/aromatic N) is 2. The number of aryl methyl sites for hydroxylation is 2. The molecule has 2 aromatic rings. The zero-order valence-electron chi connectivity index (χ0n) is 12.4. The minimum absolute atomic E-state index is 0.170. The molecule has 0 atom stereocenters. The highest BCUT2D eigenvalue weighted by molar-refractivity contribution is 9.10. The van der Waals surface area contributed by atoms with Crippen LogP contribution in [0.5, 0.6) is 6.01 Å². The summed E-state index contributed by atoms with van der Waals surface area (Å²) in [5, 5.41) is 0. The third-order valence-electron chi connectivity index (χ3n) is 2.88. The topological polar surface area (TPSA) is 81.2 Å². The Bertz CT molecular complexity index is 753. The van der Waals surface area contributed by atoms with Crippen LogP contribution in [0, 0.1) is 13.8 Å². The summed E-state index contributed by atoms with van der Waals surface area (Å²) < 4.78 is 33.4. The molecule has 0 fully saturated rings. The Kier molecular flexibility index (Phi) is 5.02. The van der Waals surface area contributed by atoms with Crippen LogP contribution in [0.15, 0.2) is 33.6 Å². The summed E-state index contributed by atoms with van der Waals surface area (Å²) in [6.45, 7) is 5.69. The van der Waals surface area contributed by atoms with Gasteiger partial charge in [0.15, 0.2) is 0 Å². The van der Waals surface area contributed by atoms with E-state index < -0.39 is 10.0 Å². The molecule has 0 aliphatic carbocycles. The van der Waals surface area contributed by atoms with Crippen LogP contribution in [0.3, 0.4) is 0 Å². The number of benzene rings is 1. The Morgan fingerprint density at radius 1 is 1.14 bits per heavy atom. The molecule has 2 rings (SSSR count). The van der Waals surface area contributed by atoms with Crippen molar-refractivity contribution < 1.29 is 13.2 Å². The van der Waals surface area contributed by atoms with Crippen molar-refractivity contribution in [3.63, 3.8) is 0 Å². The third kappa shape index (κ3) is 3.75. The number of hydrogen-bond donors (Lipinski definition) is 1. The van der Waals surface area contributed by atoms with Crippen LogP contribution in [-0.4, -0.2) is 25.0 Å². The highest BCUT2D eigenvalue weighted by Crippen LogP contribution is 2.24. The second-order valence-electron chi connectivity index (χ2n) is 4.54. The summed E-state index contributed by atoms with van der Waals surface area (Å²) in [5.74, 6) is 0. The highest BCUT2D eigenvalue weighted by atomic mass is 79.9. The number of sulfonamides is 1. The van der Waals surface area contributed by atoms with Gasteiger partial charge in [-0.1, -0.05) is 15.9 Å². The quantitative estimate of drug-likeness (QED) is 0.854. The van der Waals surface area contributed by atoms with E-state index in [1.807, 2.05) is 6.92 Å². The van der Waals surface area contributed by atoms with Gasteiger partial charge in [-0.2, -0.15) is 9.97 Å². The molecule has 0 amide bonds. The van der Waals surface area contributed by atoms with E-state index in [0.29, 0.717) is 23.7 Å². The van der Waals surface area contributed by atoms with Crippen molar-refractivity contribution in [3.05, 3.63) is 40.1 Å². The molecule has 1 aromatic carbocycles. The van der Waals surface area contributed by atoms with Crippen molar-refractivity contribution in [1.29, 1.82) is 0 Å². The normalized spacial score (nSPS) is 11.3. The Hall–Kier alpha value is -1.67. The van der Waals surface area contributed by atoms with Crippen molar-refractivity contribution >= 4 is 31.6 Å². The van der Waals surface area contributed by atoms with Crippen molar-refractivity contribution in [1.82, 2.24) is 9.97 Å².